The van der Waals surface area contributed by atoms with Crippen LogP contribution in [0, 0.1) is 20.8 Å². The smallest absolute Gasteiger partial charge is 0.262 e. The van der Waals surface area contributed by atoms with Gasteiger partial charge in [0, 0.05) is 17.8 Å². The van der Waals surface area contributed by atoms with E-state index in [0.29, 0.717) is 23.4 Å². The second-order valence-electron chi connectivity index (χ2n) is 7.68. The molecule has 3 rings (SSSR count). The van der Waals surface area contributed by atoms with Crippen molar-refractivity contribution < 1.29 is 13.2 Å². The second-order valence-corrected chi connectivity index (χ2v) is 9.33. The summed E-state index contributed by atoms with van der Waals surface area (Å²) in [5.41, 5.74) is 4.77. The molecule has 2 N–H and O–H groups in total. The van der Waals surface area contributed by atoms with Crippen LogP contribution in [0.4, 0.5) is 5.69 Å². The standard InChI is InChI=1S/C23H28N2O3S/c1-16-10-12-21(13-18(16)3)25-29(27,28)22-14-20(11-9-17(22)2)23(26)24-15-19-7-5-4-6-8-19/h7,9-14,25H,4-6,8,15H2,1-3H3,(H,24,26). The van der Waals surface area contributed by atoms with E-state index in [4.69, 9.17) is 0 Å². The first-order valence-electron chi connectivity index (χ1n) is 9.93. The molecule has 2 aromatic rings. The van der Waals surface area contributed by atoms with E-state index in [1.165, 1.54) is 18.1 Å². The highest BCUT2D eigenvalue weighted by Gasteiger charge is 2.20. The van der Waals surface area contributed by atoms with E-state index in [9.17, 15) is 13.2 Å². The van der Waals surface area contributed by atoms with Crippen molar-refractivity contribution in [3.05, 3.63) is 70.3 Å². The van der Waals surface area contributed by atoms with Gasteiger partial charge in [-0.1, -0.05) is 23.8 Å². The van der Waals surface area contributed by atoms with Gasteiger partial charge in [-0.05, 0) is 87.4 Å². The quantitative estimate of drug-likeness (QED) is 0.679. The van der Waals surface area contributed by atoms with Crippen LogP contribution >= 0.6 is 0 Å². The van der Waals surface area contributed by atoms with E-state index in [1.54, 1.807) is 31.2 Å². The largest absolute Gasteiger partial charge is 0.348 e. The van der Waals surface area contributed by atoms with Crippen LogP contribution in [-0.2, 0) is 10.0 Å². The number of amides is 1. The fraction of sp³-hybridized carbons (Fsp3) is 0.348. The summed E-state index contributed by atoms with van der Waals surface area (Å²) >= 11 is 0. The van der Waals surface area contributed by atoms with Crippen molar-refractivity contribution in [2.24, 2.45) is 0 Å². The van der Waals surface area contributed by atoms with Gasteiger partial charge in [-0.2, -0.15) is 0 Å². The van der Waals surface area contributed by atoms with Crippen molar-refractivity contribution in [2.75, 3.05) is 11.3 Å². The predicted molar refractivity (Wildman–Crippen MR) is 117 cm³/mol. The minimum atomic E-state index is -3.81. The molecule has 0 aromatic heterocycles. The molecule has 2 aromatic carbocycles. The van der Waals surface area contributed by atoms with Crippen LogP contribution in [0.1, 0.15) is 52.7 Å². The summed E-state index contributed by atoms with van der Waals surface area (Å²) in [7, 11) is -3.81. The van der Waals surface area contributed by atoms with Crippen LogP contribution in [0.25, 0.3) is 0 Å². The Labute approximate surface area is 173 Å². The molecule has 0 saturated carbocycles. The molecule has 5 nitrogen and oxygen atoms in total. The molecule has 154 valence electrons. The maximum Gasteiger partial charge on any atom is 0.262 e. The van der Waals surface area contributed by atoms with Gasteiger partial charge in [0.05, 0.1) is 4.90 Å². The summed E-state index contributed by atoms with van der Waals surface area (Å²) in [5.74, 6) is -0.265. The van der Waals surface area contributed by atoms with Gasteiger partial charge in [0.25, 0.3) is 15.9 Å². The lowest BCUT2D eigenvalue weighted by atomic mass is 9.99. The molecule has 0 heterocycles. The lowest BCUT2D eigenvalue weighted by molar-refractivity contribution is 0.0956. The van der Waals surface area contributed by atoms with Crippen molar-refractivity contribution in [1.82, 2.24) is 5.32 Å². The number of sulfonamides is 1. The van der Waals surface area contributed by atoms with Gasteiger partial charge in [-0.15, -0.1) is 0 Å². The molecular weight excluding hydrogens is 384 g/mol. The maximum absolute atomic E-state index is 12.9. The average Bonchev–Trinajstić information content (AvgIpc) is 2.69. The zero-order valence-electron chi connectivity index (χ0n) is 17.2. The van der Waals surface area contributed by atoms with E-state index in [0.717, 1.165) is 30.4 Å². The first-order chi connectivity index (χ1) is 13.8. The van der Waals surface area contributed by atoms with Crippen LogP contribution in [0.5, 0.6) is 0 Å². The van der Waals surface area contributed by atoms with E-state index < -0.39 is 10.0 Å². The van der Waals surface area contributed by atoms with Gasteiger partial charge in [-0.25, -0.2) is 8.42 Å². The number of rotatable bonds is 6. The Bertz CT molecular complexity index is 1060. The van der Waals surface area contributed by atoms with Crippen LogP contribution < -0.4 is 10.0 Å². The molecular formula is C23H28N2O3S. The summed E-state index contributed by atoms with van der Waals surface area (Å²) in [6, 6.07) is 10.2. The van der Waals surface area contributed by atoms with Gasteiger partial charge in [-0.3, -0.25) is 9.52 Å². The van der Waals surface area contributed by atoms with Crippen molar-refractivity contribution in [2.45, 2.75) is 51.3 Å². The molecule has 1 aliphatic rings. The third kappa shape index (κ3) is 5.26. The Morgan fingerprint density at radius 3 is 2.41 bits per heavy atom. The Hall–Kier alpha value is -2.60. The number of allylic oxidation sites excluding steroid dienone is 1. The minimum Gasteiger partial charge on any atom is -0.348 e. The van der Waals surface area contributed by atoms with Crippen molar-refractivity contribution in [3.8, 4) is 0 Å². The van der Waals surface area contributed by atoms with Gasteiger partial charge in [0.2, 0.25) is 0 Å². The molecule has 0 spiro atoms. The van der Waals surface area contributed by atoms with Crippen molar-refractivity contribution in [1.29, 1.82) is 0 Å². The molecule has 0 unspecified atom stereocenters. The first-order valence-corrected chi connectivity index (χ1v) is 11.4. The summed E-state index contributed by atoms with van der Waals surface area (Å²) in [4.78, 5) is 12.7. The Morgan fingerprint density at radius 1 is 0.966 bits per heavy atom. The highest BCUT2D eigenvalue weighted by molar-refractivity contribution is 7.92. The summed E-state index contributed by atoms with van der Waals surface area (Å²) in [6.07, 6.45) is 6.60. The van der Waals surface area contributed by atoms with E-state index >= 15 is 0 Å². The second kappa shape index (κ2) is 8.82. The fourth-order valence-electron chi connectivity index (χ4n) is 3.41. The molecule has 1 aliphatic carbocycles. The van der Waals surface area contributed by atoms with Crippen LogP contribution in [0.15, 0.2) is 52.9 Å². The zero-order valence-corrected chi connectivity index (χ0v) is 18.0. The number of aryl methyl sites for hydroxylation is 3. The Kier molecular flexibility index (Phi) is 6.42. The molecule has 29 heavy (non-hydrogen) atoms. The number of carbonyl (C=O) groups is 1. The van der Waals surface area contributed by atoms with Crippen LogP contribution in [0.3, 0.4) is 0 Å². The summed E-state index contributed by atoms with van der Waals surface area (Å²) in [5, 5.41) is 2.91. The number of carbonyl (C=O) groups excluding carboxylic acids is 1. The third-order valence-electron chi connectivity index (χ3n) is 5.36. The fourth-order valence-corrected chi connectivity index (χ4v) is 4.73. The van der Waals surface area contributed by atoms with E-state index in [-0.39, 0.29) is 10.8 Å². The average molecular weight is 413 g/mol. The highest BCUT2D eigenvalue weighted by atomic mass is 32.2. The van der Waals surface area contributed by atoms with Crippen LogP contribution in [0.2, 0.25) is 0 Å². The van der Waals surface area contributed by atoms with E-state index in [1.807, 2.05) is 19.9 Å². The monoisotopic (exact) mass is 412 g/mol. The summed E-state index contributed by atoms with van der Waals surface area (Å²) < 4.78 is 28.5. The van der Waals surface area contributed by atoms with Crippen molar-refractivity contribution in [3.63, 3.8) is 0 Å². The third-order valence-corrected chi connectivity index (χ3v) is 6.88. The number of hydrogen-bond acceptors (Lipinski definition) is 3. The van der Waals surface area contributed by atoms with Gasteiger partial charge >= 0.3 is 0 Å². The topological polar surface area (TPSA) is 75.3 Å². The van der Waals surface area contributed by atoms with E-state index in [2.05, 4.69) is 16.1 Å². The molecule has 6 heteroatoms. The minimum absolute atomic E-state index is 0.111. The van der Waals surface area contributed by atoms with Crippen molar-refractivity contribution >= 4 is 21.6 Å². The molecule has 1 amide bonds. The number of benzene rings is 2. The first kappa shape index (κ1) is 21.1. The van der Waals surface area contributed by atoms with Gasteiger partial charge in [0.1, 0.15) is 0 Å². The number of hydrogen-bond donors (Lipinski definition) is 2. The lowest BCUT2D eigenvalue weighted by Gasteiger charge is -2.15. The molecule has 0 radical (unpaired) electrons. The number of anilines is 1. The highest BCUT2D eigenvalue weighted by Crippen LogP contribution is 2.23. The van der Waals surface area contributed by atoms with Gasteiger partial charge in [0.15, 0.2) is 0 Å². The predicted octanol–water partition coefficient (Wildman–Crippen LogP) is 4.64. The molecule has 0 fully saturated rings. The molecule has 0 atom stereocenters. The molecule has 0 saturated heterocycles. The normalized spacial score (nSPS) is 14.2. The zero-order chi connectivity index (χ0) is 21.0. The molecule has 0 aliphatic heterocycles. The Balaban J connectivity index is 1.78. The maximum atomic E-state index is 12.9. The lowest BCUT2D eigenvalue weighted by Crippen LogP contribution is -2.26. The molecule has 0 bridgehead atoms. The van der Waals surface area contributed by atoms with Gasteiger partial charge < -0.3 is 5.32 Å². The number of nitrogens with one attached hydrogen (secondary N) is 2. The SMILES string of the molecule is Cc1ccc(NS(=O)(=O)c2cc(C(=O)NCC3=CCCCC3)ccc2C)cc1C. The summed E-state index contributed by atoms with van der Waals surface area (Å²) in [6.45, 7) is 6.15. The van der Waals surface area contributed by atoms with Crippen LogP contribution in [-0.4, -0.2) is 20.9 Å². The Morgan fingerprint density at radius 2 is 1.72 bits per heavy atom.